The zero-order chi connectivity index (χ0) is 17.2. The molecule has 1 aromatic heterocycles. The molecule has 23 heavy (non-hydrogen) atoms. The van der Waals surface area contributed by atoms with Gasteiger partial charge >= 0.3 is 6.18 Å². The van der Waals surface area contributed by atoms with Crippen LogP contribution in [0.15, 0.2) is 46.3 Å². The molecule has 0 bridgehead atoms. The van der Waals surface area contributed by atoms with Crippen molar-refractivity contribution in [2.75, 3.05) is 5.75 Å². The van der Waals surface area contributed by atoms with Crippen molar-refractivity contribution in [1.82, 2.24) is 4.57 Å². The second kappa shape index (κ2) is 6.80. The maximum absolute atomic E-state index is 12.8. The van der Waals surface area contributed by atoms with Gasteiger partial charge in [-0.15, -0.1) is 11.8 Å². The van der Waals surface area contributed by atoms with Gasteiger partial charge in [-0.25, -0.2) is 0 Å². The Bertz CT molecular complexity index is 754. The lowest BCUT2D eigenvalue weighted by molar-refractivity contribution is -0.137. The van der Waals surface area contributed by atoms with Crippen LogP contribution in [0.2, 0.25) is 0 Å². The molecule has 1 atom stereocenters. The zero-order valence-corrected chi connectivity index (χ0v) is 13.4. The first kappa shape index (κ1) is 17.6. The van der Waals surface area contributed by atoms with Crippen molar-refractivity contribution in [3.63, 3.8) is 0 Å². The standard InChI is InChI=1S/C16H16F3NO2S/c1-10(21)9-23-14-8-20(2)7-13(15(14)22)11-4-3-5-12(6-11)16(17,18)19/h3-8,10,21H,9H2,1-2H3. The normalized spacial score (nSPS) is 13.1. The number of rotatable bonds is 4. The fourth-order valence-electron chi connectivity index (χ4n) is 2.06. The fraction of sp³-hybridized carbons (Fsp3) is 0.312. The van der Waals surface area contributed by atoms with Gasteiger partial charge in [0.25, 0.3) is 0 Å². The molecule has 1 unspecified atom stereocenters. The number of thioether (sulfide) groups is 1. The molecule has 2 rings (SSSR count). The molecule has 0 saturated carbocycles. The third-order valence-corrected chi connectivity index (χ3v) is 4.35. The molecule has 124 valence electrons. The number of benzene rings is 1. The zero-order valence-electron chi connectivity index (χ0n) is 12.6. The predicted molar refractivity (Wildman–Crippen MR) is 84.5 cm³/mol. The van der Waals surface area contributed by atoms with Gasteiger partial charge in [0.1, 0.15) is 0 Å². The van der Waals surface area contributed by atoms with Crippen LogP contribution in [0, 0.1) is 0 Å². The lowest BCUT2D eigenvalue weighted by Crippen LogP contribution is -2.13. The monoisotopic (exact) mass is 343 g/mol. The molecule has 1 N–H and O–H groups in total. The van der Waals surface area contributed by atoms with Gasteiger partial charge in [-0.3, -0.25) is 4.79 Å². The average molecular weight is 343 g/mol. The summed E-state index contributed by atoms with van der Waals surface area (Å²) in [5, 5.41) is 9.33. The molecule has 0 aliphatic rings. The van der Waals surface area contributed by atoms with E-state index in [-0.39, 0.29) is 16.6 Å². The third kappa shape index (κ3) is 4.39. The van der Waals surface area contributed by atoms with Crippen LogP contribution in [0.1, 0.15) is 12.5 Å². The molecule has 0 saturated heterocycles. The number of aliphatic hydroxyl groups is 1. The maximum atomic E-state index is 12.8. The van der Waals surface area contributed by atoms with Crippen molar-refractivity contribution in [3.8, 4) is 11.1 Å². The van der Waals surface area contributed by atoms with Crippen LogP contribution in [0.5, 0.6) is 0 Å². The molecule has 1 aromatic carbocycles. The smallest absolute Gasteiger partial charge is 0.393 e. The number of halogens is 3. The number of pyridine rings is 1. The molecule has 0 fully saturated rings. The molecular formula is C16H16F3NO2S. The summed E-state index contributed by atoms with van der Waals surface area (Å²) in [5.74, 6) is 0.335. The third-order valence-electron chi connectivity index (χ3n) is 3.10. The van der Waals surface area contributed by atoms with Gasteiger partial charge in [0.15, 0.2) is 0 Å². The molecule has 0 aliphatic carbocycles. The van der Waals surface area contributed by atoms with E-state index in [0.717, 1.165) is 12.1 Å². The summed E-state index contributed by atoms with van der Waals surface area (Å²) in [7, 11) is 1.70. The number of aliphatic hydroxyl groups excluding tert-OH is 1. The van der Waals surface area contributed by atoms with E-state index in [1.807, 2.05) is 0 Å². The first-order valence-corrected chi connectivity index (χ1v) is 7.86. The summed E-state index contributed by atoms with van der Waals surface area (Å²) in [6.45, 7) is 1.61. The van der Waals surface area contributed by atoms with E-state index in [9.17, 15) is 23.1 Å². The number of alkyl halides is 3. The second-order valence-electron chi connectivity index (χ2n) is 5.27. The molecule has 2 aromatic rings. The number of aromatic nitrogens is 1. The first-order chi connectivity index (χ1) is 10.7. The highest BCUT2D eigenvalue weighted by atomic mass is 32.2. The van der Waals surface area contributed by atoms with Crippen molar-refractivity contribution in [2.45, 2.75) is 24.1 Å². The summed E-state index contributed by atoms with van der Waals surface area (Å²) in [6.07, 6.45) is -1.93. The Morgan fingerprint density at radius 1 is 1.30 bits per heavy atom. The van der Waals surface area contributed by atoms with Gasteiger partial charge in [-0.05, 0) is 24.6 Å². The highest BCUT2D eigenvalue weighted by molar-refractivity contribution is 7.99. The number of hydrogen-bond donors (Lipinski definition) is 1. The van der Waals surface area contributed by atoms with Crippen LogP contribution in [-0.4, -0.2) is 21.5 Å². The number of aryl methyl sites for hydroxylation is 1. The van der Waals surface area contributed by atoms with Crippen molar-refractivity contribution < 1.29 is 18.3 Å². The van der Waals surface area contributed by atoms with E-state index in [1.54, 1.807) is 24.7 Å². The van der Waals surface area contributed by atoms with E-state index in [4.69, 9.17) is 0 Å². The summed E-state index contributed by atoms with van der Waals surface area (Å²) in [6, 6.07) is 4.71. The molecule has 3 nitrogen and oxygen atoms in total. The number of nitrogens with zero attached hydrogens (tertiary/aromatic N) is 1. The van der Waals surface area contributed by atoms with Crippen molar-refractivity contribution in [1.29, 1.82) is 0 Å². The largest absolute Gasteiger partial charge is 0.416 e. The quantitative estimate of drug-likeness (QED) is 0.864. The van der Waals surface area contributed by atoms with E-state index >= 15 is 0 Å². The Kier molecular flexibility index (Phi) is 5.21. The average Bonchev–Trinajstić information content (AvgIpc) is 2.47. The van der Waals surface area contributed by atoms with Crippen LogP contribution in [0.25, 0.3) is 11.1 Å². The van der Waals surface area contributed by atoms with Gasteiger partial charge in [-0.2, -0.15) is 13.2 Å². The highest BCUT2D eigenvalue weighted by Gasteiger charge is 2.30. The molecule has 1 heterocycles. The van der Waals surface area contributed by atoms with Crippen LogP contribution < -0.4 is 5.43 Å². The highest BCUT2D eigenvalue weighted by Crippen LogP contribution is 2.31. The second-order valence-corrected chi connectivity index (χ2v) is 6.33. The Labute approximate surface area is 135 Å². The Balaban J connectivity index is 2.50. The van der Waals surface area contributed by atoms with Crippen molar-refractivity contribution in [2.24, 2.45) is 7.05 Å². The lowest BCUT2D eigenvalue weighted by atomic mass is 10.0. The topological polar surface area (TPSA) is 42.2 Å². The predicted octanol–water partition coefficient (Wildman–Crippen LogP) is 3.54. The van der Waals surface area contributed by atoms with Gasteiger partial charge in [0.05, 0.1) is 16.6 Å². The van der Waals surface area contributed by atoms with Crippen LogP contribution in [-0.2, 0) is 13.2 Å². The minimum Gasteiger partial charge on any atom is -0.393 e. The minimum atomic E-state index is -4.46. The van der Waals surface area contributed by atoms with Crippen molar-refractivity contribution >= 4 is 11.8 Å². The molecule has 0 amide bonds. The Morgan fingerprint density at radius 3 is 2.61 bits per heavy atom. The minimum absolute atomic E-state index is 0.203. The lowest BCUT2D eigenvalue weighted by Gasteiger charge is -2.11. The maximum Gasteiger partial charge on any atom is 0.416 e. The van der Waals surface area contributed by atoms with E-state index in [1.165, 1.54) is 30.1 Å². The molecular weight excluding hydrogens is 327 g/mol. The summed E-state index contributed by atoms with van der Waals surface area (Å²) in [4.78, 5) is 12.9. The van der Waals surface area contributed by atoms with Crippen LogP contribution >= 0.6 is 11.8 Å². The molecule has 0 spiro atoms. The van der Waals surface area contributed by atoms with Crippen LogP contribution in [0.3, 0.4) is 0 Å². The summed E-state index contributed by atoms with van der Waals surface area (Å²) >= 11 is 1.18. The van der Waals surface area contributed by atoms with Crippen LogP contribution in [0.4, 0.5) is 13.2 Å². The molecule has 0 aliphatic heterocycles. The SMILES string of the molecule is CC(O)CSc1cn(C)cc(-c2cccc(C(F)(F)F)c2)c1=O. The summed E-state index contributed by atoms with van der Waals surface area (Å²) in [5.41, 5.74) is -0.707. The van der Waals surface area contributed by atoms with E-state index in [0.29, 0.717) is 10.6 Å². The van der Waals surface area contributed by atoms with Crippen molar-refractivity contribution in [3.05, 3.63) is 52.4 Å². The fourth-order valence-corrected chi connectivity index (χ4v) is 2.96. The Hall–Kier alpha value is -1.73. The Morgan fingerprint density at radius 2 is 2.00 bits per heavy atom. The van der Waals surface area contributed by atoms with Gasteiger partial charge < -0.3 is 9.67 Å². The number of hydrogen-bond acceptors (Lipinski definition) is 3. The van der Waals surface area contributed by atoms with Gasteiger partial charge in [0, 0.05) is 30.8 Å². The molecule has 7 heteroatoms. The first-order valence-electron chi connectivity index (χ1n) is 6.87. The molecule has 0 radical (unpaired) electrons. The van der Waals surface area contributed by atoms with Gasteiger partial charge in [-0.1, -0.05) is 12.1 Å². The summed E-state index contributed by atoms with van der Waals surface area (Å²) < 4.78 is 40.1. The van der Waals surface area contributed by atoms with E-state index < -0.39 is 17.8 Å². The van der Waals surface area contributed by atoms with E-state index in [2.05, 4.69) is 0 Å². The van der Waals surface area contributed by atoms with Gasteiger partial charge in [0.2, 0.25) is 5.43 Å².